The Morgan fingerprint density at radius 3 is 2.24 bits per heavy atom. The molecule has 0 radical (unpaired) electrons. The lowest BCUT2D eigenvalue weighted by atomic mass is 10.2. The number of aliphatic hydroxyl groups excluding tert-OH is 2. The Balaban J connectivity index is 2.99. The van der Waals surface area contributed by atoms with Gasteiger partial charge < -0.3 is 25.7 Å². The van der Waals surface area contributed by atoms with Crippen LogP contribution in [0.15, 0.2) is 0 Å². The number of nitrogens with one attached hydrogen (secondary N) is 2. The largest absolute Gasteiger partial charge is 0.394 e. The van der Waals surface area contributed by atoms with Crippen LogP contribution in [0.1, 0.15) is 19.3 Å². The van der Waals surface area contributed by atoms with Gasteiger partial charge in [0.25, 0.3) is 0 Å². The second-order valence-corrected chi connectivity index (χ2v) is 4.65. The first-order valence-electron chi connectivity index (χ1n) is 6.52. The summed E-state index contributed by atoms with van der Waals surface area (Å²) in [5.74, 6) is 0. The maximum absolute atomic E-state index is 9.08. The van der Waals surface area contributed by atoms with E-state index in [0.717, 1.165) is 32.6 Å². The molecule has 0 aromatic carbocycles. The maximum atomic E-state index is 9.08. The quantitative estimate of drug-likeness (QED) is 0.342. The van der Waals surface area contributed by atoms with E-state index in [1.807, 2.05) is 0 Å². The molecule has 0 aliphatic heterocycles. The van der Waals surface area contributed by atoms with Crippen LogP contribution < -0.4 is 10.6 Å². The van der Waals surface area contributed by atoms with Gasteiger partial charge >= 0.3 is 0 Å². The van der Waals surface area contributed by atoms with Crippen molar-refractivity contribution in [1.82, 2.24) is 15.5 Å². The fourth-order valence-electron chi connectivity index (χ4n) is 1.44. The Bertz CT molecular complexity index is 157. The zero-order valence-electron chi connectivity index (χ0n) is 11.3. The van der Waals surface area contributed by atoms with Gasteiger partial charge in [0.1, 0.15) is 0 Å². The summed E-state index contributed by atoms with van der Waals surface area (Å²) in [7, 11) is 4.16. The molecule has 4 N–H and O–H groups in total. The van der Waals surface area contributed by atoms with Crippen LogP contribution in [0.3, 0.4) is 0 Å². The standard InChI is InChI=1S/C12H29N3O2/c1-15(2)9-8-13-6-4-3-5-7-14-10-12(17)11-16/h12-14,16-17H,3-11H2,1-2H3. The lowest BCUT2D eigenvalue weighted by Crippen LogP contribution is -2.30. The SMILES string of the molecule is CN(C)CCNCCCCCNCC(O)CO. The fraction of sp³-hybridized carbons (Fsp3) is 1.00. The molecule has 0 aromatic heterocycles. The average Bonchev–Trinajstić information content (AvgIpc) is 2.30. The van der Waals surface area contributed by atoms with Gasteiger partial charge in [-0.1, -0.05) is 6.42 Å². The molecule has 1 unspecified atom stereocenters. The molecule has 5 nitrogen and oxygen atoms in total. The summed E-state index contributed by atoms with van der Waals surface area (Å²) >= 11 is 0. The maximum Gasteiger partial charge on any atom is 0.0894 e. The average molecular weight is 247 g/mol. The molecule has 17 heavy (non-hydrogen) atoms. The molecule has 0 rings (SSSR count). The van der Waals surface area contributed by atoms with E-state index in [-0.39, 0.29) is 6.61 Å². The van der Waals surface area contributed by atoms with Gasteiger partial charge in [-0.25, -0.2) is 0 Å². The zero-order chi connectivity index (χ0) is 12.9. The first-order valence-corrected chi connectivity index (χ1v) is 6.52. The molecule has 0 aliphatic carbocycles. The van der Waals surface area contributed by atoms with Gasteiger partial charge in [0.15, 0.2) is 0 Å². The van der Waals surface area contributed by atoms with Crippen molar-refractivity contribution in [3.05, 3.63) is 0 Å². The first kappa shape index (κ1) is 16.8. The zero-order valence-corrected chi connectivity index (χ0v) is 11.3. The Labute approximate surface area is 105 Å². The highest BCUT2D eigenvalue weighted by Crippen LogP contribution is 1.92. The van der Waals surface area contributed by atoms with E-state index in [1.165, 1.54) is 12.8 Å². The number of rotatable bonds is 12. The van der Waals surface area contributed by atoms with E-state index >= 15 is 0 Å². The third kappa shape index (κ3) is 13.7. The van der Waals surface area contributed by atoms with Crippen molar-refractivity contribution < 1.29 is 10.2 Å². The van der Waals surface area contributed by atoms with E-state index in [0.29, 0.717) is 6.54 Å². The van der Waals surface area contributed by atoms with E-state index < -0.39 is 6.10 Å². The summed E-state index contributed by atoms with van der Waals surface area (Å²) in [4.78, 5) is 2.17. The van der Waals surface area contributed by atoms with Gasteiger partial charge in [0.2, 0.25) is 0 Å². The van der Waals surface area contributed by atoms with Gasteiger partial charge in [0, 0.05) is 19.6 Å². The second kappa shape index (κ2) is 12.3. The van der Waals surface area contributed by atoms with Crippen LogP contribution in [0, 0.1) is 0 Å². The molecule has 5 heteroatoms. The van der Waals surface area contributed by atoms with Gasteiger partial charge in [-0.05, 0) is 40.0 Å². The summed E-state index contributed by atoms with van der Waals surface area (Å²) in [6.45, 7) is 4.44. The topological polar surface area (TPSA) is 67.8 Å². The van der Waals surface area contributed by atoms with Crippen molar-refractivity contribution in [1.29, 1.82) is 0 Å². The van der Waals surface area contributed by atoms with E-state index in [4.69, 9.17) is 10.2 Å². The minimum Gasteiger partial charge on any atom is -0.394 e. The molecule has 0 spiro atoms. The number of unbranched alkanes of at least 4 members (excludes halogenated alkanes) is 2. The molecule has 0 saturated heterocycles. The highest BCUT2D eigenvalue weighted by atomic mass is 16.3. The van der Waals surface area contributed by atoms with Crippen molar-refractivity contribution >= 4 is 0 Å². The summed E-state index contributed by atoms with van der Waals surface area (Å²) in [6, 6.07) is 0. The van der Waals surface area contributed by atoms with Crippen LogP contribution in [-0.2, 0) is 0 Å². The predicted octanol–water partition coefficient (Wildman–Crippen LogP) is -0.749. The lowest BCUT2D eigenvalue weighted by molar-refractivity contribution is 0.0945. The molecule has 0 aliphatic rings. The van der Waals surface area contributed by atoms with Crippen LogP contribution in [0.2, 0.25) is 0 Å². The molecule has 0 bridgehead atoms. The van der Waals surface area contributed by atoms with E-state index in [1.54, 1.807) is 0 Å². The Kier molecular flexibility index (Phi) is 12.1. The summed E-state index contributed by atoms with van der Waals surface area (Å²) in [6.07, 6.45) is 2.88. The van der Waals surface area contributed by atoms with Gasteiger partial charge in [-0.3, -0.25) is 0 Å². The van der Waals surface area contributed by atoms with E-state index in [2.05, 4.69) is 29.6 Å². The summed E-state index contributed by atoms with van der Waals surface area (Å²) in [5.41, 5.74) is 0. The van der Waals surface area contributed by atoms with E-state index in [9.17, 15) is 0 Å². The van der Waals surface area contributed by atoms with Crippen LogP contribution in [-0.4, -0.2) is 74.6 Å². The number of hydrogen-bond acceptors (Lipinski definition) is 5. The van der Waals surface area contributed by atoms with Gasteiger partial charge in [-0.15, -0.1) is 0 Å². The Morgan fingerprint density at radius 2 is 1.65 bits per heavy atom. The molecule has 0 saturated carbocycles. The molecule has 0 aromatic rings. The highest BCUT2D eigenvalue weighted by molar-refractivity contribution is 4.57. The second-order valence-electron chi connectivity index (χ2n) is 4.65. The Hall–Kier alpha value is -0.200. The van der Waals surface area contributed by atoms with Crippen molar-refractivity contribution in [3.63, 3.8) is 0 Å². The Morgan fingerprint density at radius 1 is 1.00 bits per heavy atom. The van der Waals surface area contributed by atoms with Crippen LogP contribution in [0.4, 0.5) is 0 Å². The third-order valence-corrected chi connectivity index (χ3v) is 2.53. The normalized spacial score (nSPS) is 13.2. The third-order valence-electron chi connectivity index (χ3n) is 2.53. The van der Waals surface area contributed by atoms with Crippen LogP contribution in [0.25, 0.3) is 0 Å². The van der Waals surface area contributed by atoms with Crippen molar-refractivity contribution in [2.45, 2.75) is 25.4 Å². The monoisotopic (exact) mass is 247 g/mol. The molecule has 0 amide bonds. The van der Waals surface area contributed by atoms with Crippen molar-refractivity contribution in [2.75, 3.05) is 53.4 Å². The fourth-order valence-corrected chi connectivity index (χ4v) is 1.44. The number of hydrogen-bond donors (Lipinski definition) is 4. The van der Waals surface area contributed by atoms with Crippen molar-refractivity contribution in [2.24, 2.45) is 0 Å². The van der Waals surface area contributed by atoms with Gasteiger partial charge in [-0.2, -0.15) is 0 Å². The lowest BCUT2D eigenvalue weighted by Gasteiger charge is -2.10. The minimum absolute atomic E-state index is 0.164. The predicted molar refractivity (Wildman–Crippen MR) is 71.2 cm³/mol. The molecular weight excluding hydrogens is 218 g/mol. The molecule has 0 heterocycles. The summed E-state index contributed by atoms with van der Waals surface area (Å²) in [5, 5.41) is 24.2. The number of likely N-dealkylation sites (N-methyl/N-ethyl adjacent to an activating group) is 1. The number of aliphatic hydroxyl groups is 2. The number of nitrogens with zero attached hydrogens (tertiary/aromatic N) is 1. The van der Waals surface area contributed by atoms with Gasteiger partial charge in [0.05, 0.1) is 12.7 Å². The molecular formula is C12H29N3O2. The van der Waals surface area contributed by atoms with Crippen LogP contribution >= 0.6 is 0 Å². The molecule has 104 valence electrons. The molecule has 1 atom stereocenters. The summed E-state index contributed by atoms with van der Waals surface area (Å²) < 4.78 is 0. The van der Waals surface area contributed by atoms with Crippen LogP contribution in [0.5, 0.6) is 0 Å². The molecule has 0 fully saturated rings. The smallest absolute Gasteiger partial charge is 0.0894 e. The van der Waals surface area contributed by atoms with Crippen molar-refractivity contribution in [3.8, 4) is 0 Å². The first-order chi connectivity index (χ1) is 8.16. The minimum atomic E-state index is -0.622. The highest BCUT2D eigenvalue weighted by Gasteiger charge is 1.99.